The number of nitrogens with one attached hydrogen (secondary N) is 1. The van der Waals surface area contributed by atoms with Crippen LogP contribution in [0.5, 0.6) is 0 Å². The van der Waals surface area contributed by atoms with E-state index in [1.807, 2.05) is 20.8 Å². The maximum absolute atomic E-state index is 9.79. The summed E-state index contributed by atoms with van der Waals surface area (Å²) in [6.45, 7) is 7.20. The van der Waals surface area contributed by atoms with Gasteiger partial charge in [0.05, 0.1) is 17.4 Å². The van der Waals surface area contributed by atoms with Crippen molar-refractivity contribution in [2.24, 2.45) is 11.7 Å². The van der Waals surface area contributed by atoms with Gasteiger partial charge in [-0.3, -0.25) is 5.41 Å². The van der Waals surface area contributed by atoms with E-state index in [2.05, 4.69) is 15.1 Å². The van der Waals surface area contributed by atoms with Gasteiger partial charge in [-0.1, -0.05) is 6.92 Å². The lowest BCUT2D eigenvalue weighted by Gasteiger charge is -2.36. The first-order chi connectivity index (χ1) is 8.91. The normalized spacial score (nSPS) is 23.5. The molecular weight excluding hydrogens is 242 g/mol. The van der Waals surface area contributed by atoms with E-state index in [-0.39, 0.29) is 17.9 Å². The lowest BCUT2D eigenvalue weighted by molar-refractivity contribution is 0.0968. The molecule has 1 saturated heterocycles. The van der Waals surface area contributed by atoms with Gasteiger partial charge in [-0.2, -0.15) is 5.10 Å². The summed E-state index contributed by atoms with van der Waals surface area (Å²) in [6, 6.07) is 0. The molecule has 1 fully saturated rings. The van der Waals surface area contributed by atoms with Gasteiger partial charge in [0.2, 0.25) is 0 Å². The standard InChI is InChI=1S/C13H21N5O/c1-7-6-18(5-4-10(7)19)13-11(12(14)15)8(2)9(3)16-17-13/h7,10,19H,4-6H2,1-3H3,(H3,14,15). The molecule has 1 aromatic heterocycles. The molecular formula is C13H21N5O. The Morgan fingerprint density at radius 3 is 2.68 bits per heavy atom. The lowest BCUT2D eigenvalue weighted by atomic mass is 9.96. The molecule has 0 radical (unpaired) electrons. The molecule has 0 amide bonds. The first-order valence-corrected chi connectivity index (χ1v) is 6.53. The zero-order valence-corrected chi connectivity index (χ0v) is 11.6. The third-order valence-electron chi connectivity index (χ3n) is 3.86. The smallest absolute Gasteiger partial charge is 0.162 e. The molecule has 1 aliphatic rings. The molecule has 1 aromatic rings. The average Bonchev–Trinajstić information content (AvgIpc) is 2.35. The highest BCUT2D eigenvalue weighted by molar-refractivity contribution is 6.01. The SMILES string of the molecule is Cc1nnc(N2CCC(O)C(C)C2)c(C(=N)N)c1C. The second kappa shape index (κ2) is 5.13. The molecule has 4 N–H and O–H groups in total. The number of nitrogens with two attached hydrogens (primary N) is 1. The van der Waals surface area contributed by atoms with Crippen LogP contribution in [0.15, 0.2) is 0 Å². The van der Waals surface area contributed by atoms with Crippen LogP contribution in [0.1, 0.15) is 30.2 Å². The highest BCUT2D eigenvalue weighted by atomic mass is 16.3. The molecule has 104 valence electrons. The molecule has 19 heavy (non-hydrogen) atoms. The topological polar surface area (TPSA) is 99.1 Å². The van der Waals surface area contributed by atoms with Crippen LogP contribution in [-0.4, -0.2) is 40.3 Å². The maximum Gasteiger partial charge on any atom is 0.162 e. The van der Waals surface area contributed by atoms with E-state index in [0.29, 0.717) is 30.9 Å². The summed E-state index contributed by atoms with van der Waals surface area (Å²) >= 11 is 0. The molecule has 1 aliphatic heterocycles. The zero-order chi connectivity index (χ0) is 14.2. The number of aliphatic hydroxyl groups excluding tert-OH is 1. The molecule has 0 saturated carbocycles. The fourth-order valence-electron chi connectivity index (χ4n) is 2.47. The van der Waals surface area contributed by atoms with Crippen LogP contribution in [0.3, 0.4) is 0 Å². The minimum Gasteiger partial charge on any atom is -0.393 e. The first-order valence-electron chi connectivity index (χ1n) is 6.53. The molecule has 2 rings (SSSR count). The van der Waals surface area contributed by atoms with Gasteiger partial charge in [0.1, 0.15) is 5.84 Å². The van der Waals surface area contributed by atoms with Gasteiger partial charge in [0, 0.05) is 13.1 Å². The van der Waals surface area contributed by atoms with Gasteiger partial charge in [-0.15, -0.1) is 5.10 Å². The Morgan fingerprint density at radius 1 is 1.42 bits per heavy atom. The second-order valence-corrected chi connectivity index (χ2v) is 5.30. The maximum atomic E-state index is 9.79. The van der Waals surface area contributed by atoms with Crippen molar-refractivity contribution in [3.8, 4) is 0 Å². The van der Waals surface area contributed by atoms with Crippen LogP contribution in [0.4, 0.5) is 5.82 Å². The van der Waals surface area contributed by atoms with Gasteiger partial charge < -0.3 is 15.7 Å². The van der Waals surface area contributed by atoms with Crippen LogP contribution in [0.2, 0.25) is 0 Å². The number of amidine groups is 1. The van der Waals surface area contributed by atoms with E-state index in [9.17, 15) is 5.11 Å². The molecule has 0 bridgehead atoms. The highest BCUT2D eigenvalue weighted by Gasteiger charge is 2.28. The Morgan fingerprint density at radius 2 is 2.11 bits per heavy atom. The van der Waals surface area contributed by atoms with Crippen molar-refractivity contribution in [2.75, 3.05) is 18.0 Å². The van der Waals surface area contributed by atoms with Crippen LogP contribution in [0, 0.1) is 25.2 Å². The molecule has 6 nitrogen and oxygen atoms in total. The summed E-state index contributed by atoms with van der Waals surface area (Å²) in [4.78, 5) is 2.06. The fraction of sp³-hybridized carbons (Fsp3) is 0.615. The number of aromatic nitrogens is 2. The first kappa shape index (κ1) is 13.7. The van der Waals surface area contributed by atoms with Gasteiger partial charge in [-0.05, 0) is 31.7 Å². The third kappa shape index (κ3) is 2.53. The summed E-state index contributed by atoms with van der Waals surface area (Å²) in [5.74, 6) is 0.857. The van der Waals surface area contributed by atoms with Gasteiger partial charge >= 0.3 is 0 Å². The summed E-state index contributed by atoms with van der Waals surface area (Å²) in [5, 5.41) is 25.9. The summed E-state index contributed by atoms with van der Waals surface area (Å²) in [6.07, 6.45) is 0.434. The predicted molar refractivity (Wildman–Crippen MR) is 74.5 cm³/mol. The van der Waals surface area contributed by atoms with Crippen molar-refractivity contribution in [1.82, 2.24) is 10.2 Å². The lowest BCUT2D eigenvalue weighted by Crippen LogP contribution is -2.43. The molecule has 2 unspecified atom stereocenters. The molecule has 0 spiro atoms. The van der Waals surface area contributed by atoms with Gasteiger partial charge in [0.15, 0.2) is 5.82 Å². The highest BCUT2D eigenvalue weighted by Crippen LogP contribution is 2.26. The Kier molecular flexibility index (Phi) is 3.71. The van der Waals surface area contributed by atoms with E-state index in [1.165, 1.54) is 0 Å². The number of hydrogen-bond donors (Lipinski definition) is 3. The number of aryl methyl sites for hydroxylation is 1. The Balaban J connectivity index is 2.40. The molecule has 2 atom stereocenters. The van der Waals surface area contributed by atoms with E-state index in [4.69, 9.17) is 11.1 Å². The number of piperidine rings is 1. The number of rotatable bonds is 2. The quantitative estimate of drug-likeness (QED) is 0.535. The molecule has 0 aromatic carbocycles. The third-order valence-corrected chi connectivity index (χ3v) is 3.86. The van der Waals surface area contributed by atoms with Crippen LogP contribution in [-0.2, 0) is 0 Å². The van der Waals surface area contributed by atoms with Crippen molar-refractivity contribution in [1.29, 1.82) is 5.41 Å². The number of aliphatic hydroxyl groups is 1. The largest absolute Gasteiger partial charge is 0.393 e. The number of hydrogen-bond acceptors (Lipinski definition) is 5. The molecule has 0 aliphatic carbocycles. The summed E-state index contributed by atoms with van der Waals surface area (Å²) in [7, 11) is 0. The Labute approximate surface area is 113 Å². The monoisotopic (exact) mass is 263 g/mol. The minimum atomic E-state index is -0.267. The zero-order valence-electron chi connectivity index (χ0n) is 11.6. The van der Waals surface area contributed by atoms with Crippen LogP contribution in [0.25, 0.3) is 0 Å². The van der Waals surface area contributed by atoms with Crippen molar-refractivity contribution in [3.05, 3.63) is 16.8 Å². The predicted octanol–water partition coefficient (Wildman–Crippen LogP) is 0.585. The van der Waals surface area contributed by atoms with Gasteiger partial charge in [-0.25, -0.2) is 0 Å². The van der Waals surface area contributed by atoms with Crippen LogP contribution < -0.4 is 10.6 Å². The van der Waals surface area contributed by atoms with E-state index >= 15 is 0 Å². The molecule has 6 heteroatoms. The number of anilines is 1. The fourth-order valence-corrected chi connectivity index (χ4v) is 2.47. The second-order valence-electron chi connectivity index (χ2n) is 5.30. The Bertz CT molecular complexity index is 502. The van der Waals surface area contributed by atoms with E-state index in [0.717, 1.165) is 11.3 Å². The number of nitrogens with zero attached hydrogens (tertiary/aromatic N) is 3. The molecule has 2 heterocycles. The van der Waals surface area contributed by atoms with Crippen molar-refractivity contribution in [2.45, 2.75) is 33.3 Å². The van der Waals surface area contributed by atoms with Crippen molar-refractivity contribution >= 4 is 11.7 Å². The number of nitrogen functional groups attached to an aromatic ring is 1. The summed E-state index contributed by atoms with van der Waals surface area (Å²) in [5.41, 5.74) is 8.05. The van der Waals surface area contributed by atoms with Crippen molar-refractivity contribution < 1.29 is 5.11 Å². The summed E-state index contributed by atoms with van der Waals surface area (Å²) < 4.78 is 0. The average molecular weight is 263 g/mol. The van der Waals surface area contributed by atoms with Gasteiger partial charge in [0.25, 0.3) is 0 Å². The van der Waals surface area contributed by atoms with Crippen LogP contribution >= 0.6 is 0 Å². The van der Waals surface area contributed by atoms with E-state index < -0.39 is 0 Å². The van der Waals surface area contributed by atoms with E-state index in [1.54, 1.807) is 0 Å². The minimum absolute atomic E-state index is 0.0178. The Hall–Kier alpha value is -1.69. The van der Waals surface area contributed by atoms with Crippen molar-refractivity contribution in [3.63, 3.8) is 0 Å².